The Labute approximate surface area is 99.5 Å². The highest BCUT2D eigenvalue weighted by atomic mass is 16.6. The van der Waals surface area contributed by atoms with Crippen molar-refractivity contribution in [3.8, 4) is 5.75 Å². The van der Waals surface area contributed by atoms with Crippen molar-refractivity contribution >= 4 is 11.5 Å². The number of carbonyl (C=O) groups excluding carboxylic acids is 1. The number of ketones is 1. The summed E-state index contributed by atoms with van der Waals surface area (Å²) in [6, 6.07) is 2.88. The summed E-state index contributed by atoms with van der Waals surface area (Å²) in [6.45, 7) is 5.40. The number of hydrogen-bond acceptors (Lipinski definition) is 4. The zero-order valence-electron chi connectivity index (χ0n) is 10.1. The molecule has 0 unspecified atom stereocenters. The Morgan fingerprint density at radius 2 is 2.06 bits per heavy atom. The molecule has 0 radical (unpaired) electrons. The number of ether oxygens (including phenoxy) is 1. The number of rotatable bonds is 5. The topological polar surface area (TPSA) is 69.4 Å². The maximum atomic E-state index is 11.4. The van der Waals surface area contributed by atoms with Crippen molar-refractivity contribution < 1.29 is 14.5 Å². The molecule has 1 aromatic rings. The third-order valence-electron chi connectivity index (χ3n) is 2.44. The van der Waals surface area contributed by atoms with Gasteiger partial charge in [0.15, 0.2) is 11.5 Å². The minimum Gasteiger partial charge on any atom is -0.487 e. The van der Waals surface area contributed by atoms with E-state index in [0.717, 1.165) is 5.56 Å². The Hall–Kier alpha value is -1.91. The Bertz CT molecular complexity index is 454. The fourth-order valence-corrected chi connectivity index (χ4v) is 1.64. The molecular weight excluding hydrogens is 222 g/mol. The molecule has 0 aromatic heterocycles. The van der Waals surface area contributed by atoms with Gasteiger partial charge in [-0.2, -0.15) is 0 Å². The van der Waals surface area contributed by atoms with Crippen molar-refractivity contribution in [3.05, 3.63) is 33.4 Å². The highest BCUT2D eigenvalue weighted by Crippen LogP contribution is 2.31. The van der Waals surface area contributed by atoms with Crippen molar-refractivity contribution in [2.24, 2.45) is 0 Å². The van der Waals surface area contributed by atoms with Crippen LogP contribution in [0.3, 0.4) is 0 Å². The van der Waals surface area contributed by atoms with E-state index in [-0.39, 0.29) is 17.2 Å². The van der Waals surface area contributed by atoms with Crippen molar-refractivity contribution in [2.75, 3.05) is 6.61 Å². The molecule has 17 heavy (non-hydrogen) atoms. The molecule has 0 aliphatic rings. The van der Waals surface area contributed by atoms with Gasteiger partial charge in [0.05, 0.1) is 11.5 Å². The fourth-order valence-electron chi connectivity index (χ4n) is 1.64. The zero-order valence-corrected chi connectivity index (χ0v) is 10.1. The molecule has 0 saturated carbocycles. The minimum atomic E-state index is -0.531. The summed E-state index contributed by atoms with van der Waals surface area (Å²) in [4.78, 5) is 21.8. The summed E-state index contributed by atoms with van der Waals surface area (Å²) >= 11 is 0. The summed E-state index contributed by atoms with van der Waals surface area (Å²) in [5, 5.41) is 10.9. The Morgan fingerprint density at radius 3 is 2.47 bits per heavy atom. The van der Waals surface area contributed by atoms with Crippen LogP contribution < -0.4 is 4.74 Å². The molecule has 0 fully saturated rings. The van der Waals surface area contributed by atoms with E-state index in [4.69, 9.17) is 4.74 Å². The zero-order chi connectivity index (χ0) is 13.0. The summed E-state index contributed by atoms with van der Waals surface area (Å²) in [7, 11) is 0. The van der Waals surface area contributed by atoms with Gasteiger partial charge in [-0.25, -0.2) is 0 Å². The van der Waals surface area contributed by atoms with E-state index in [0.29, 0.717) is 18.6 Å². The quantitative estimate of drug-likeness (QED) is 0.448. The fraction of sp³-hybridized carbons (Fsp3) is 0.417. The van der Waals surface area contributed by atoms with Crippen molar-refractivity contribution in [1.82, 2.24) is 0 Å². The molecule has 1 aromatic carbocycles. The number of aryl methyl sites for hydroxylation is 1. The van der Waals surface area contributed by atoms with Gasteiger partial charge in [0, 0.05) is 11.6 Å². The second-order valence-electron chi connectivity index (χ2n) is 3.58. The number of hydrogen-bond donors (Lipinski definition) is 0. The van der Waals surface area contributed by atoms with Crippen molar-refractivity contribution in [3.63, 3.8) is 0 Å². The number of carbonyl (C=O) groups is 1. The lowest BCUT2D eigenvalue weighted by Gasteiger charge is -2.09. The first-order chi connectivity index (χ1) is 8.01. The van der Waals surface area contributed by atoms with E-state index >= 15 is 0 Å². The van der Waals surface area contributed by atoms with Gasteiger partial charge in [0.25, 0.3) is 0 Å². The maximum Gasteiger partial charge on any atom is 0.311 e. The molecule has 5 heteroatoms. The molecule has 0 heterocycles. The third-order valence-corrected chi connectivity index (χ3v) is 2.44. The van der Waals surface area contributed by atoms with E-state index in [1.165, 1.54) is 13.0 Å². The van der Waals surface area contributed by atoms with E-state index in [1.54, 1.807) is 13.0 Å². The summed E-state index contributed by atoms with van der Waals surface area (Å²) in [5.41, 5.74) is 1.00. The van der Waals surface area contributed by atoms with Crippen LogP contribution in [0.4, 0.5) is 5.69 Å². The largest absolute Gasteiger partial charge is 0.487 e. The average Bonchev–Trinajstić information content (AvgIpc) is 2.28. The molecule has 92 valence electrons. The molecule has 0 saturated heterocycles. The lowest BCUT2D eigenvalue weighted by Crippen LogP contribution is -2.04. The van der Waals surface area contributed by atoms with E-state index in [1.807, 2.05) is 6.92 Å². The van der Waals surface area contributed by atoms with Crippen LogP contribution in [0.1, 0.15) is 36.7 Å². The van der Waals surface area contributed by atoms with Gasteiger partial charge in [-0.05, 0) is 31.9 Å². The summed E-state index contributed by atoms with van der Waals surface area (Å²) < 4.78 is 5.22. The molecule has 0 spiro atoms. The molecule has 1 rings (SSSR count). The first-order valence-corrected chi connectivity index (χ1v) is 5.46. The Balaban J connectivity index is 3.41. The molecule has 0 aliphatic heterocycles. The van der Waals surface area contributed by atoms with Crippen molar-refractivity contribution in [2.45, 2.75) is 27.2 Å². The molecular formula is C12H15NO4. The van der Waals surface area contributed by atoms with Crippen molar-refractivity contribution in [1.29, 1.82) is 0 Å². The number of nitrogens with zero attached hydrogens (tertiary/aromatic N) is 1. The number of nitro groups is 1. The van der Waals surface area contributed by atoms with Gasteiger partial charge in [-0.3, -0.25) is 14.9 Å². The molecule has 0 atom stereocenters. The average molecular weight is 237 g/mol. The first kappa shape index (κ1) is 13.2. The van der Waals surface area contributed by atoms with Crippen LogP contribution >= 0.6 is 0 Å². The normalized spacial score (nSPS) is 10.1. The Kier molecular flexibility index (Phi) is 4.20. The first-order valence-electron chi connectivity index (χ1n) is 5.46. The Morgan fingerprint density at radius 1 is 1.41 bits per heavy atom. The maximum absolute atomic E-state index is 11.4. The van der Waals surface area contributed by atoms with E-state index < -0.39 is 4.92 Å². The molecule has 0 amide bonds. The SMILES string of the molecule is CCOc1cc(CC)c(C(C)=O)cc1[N+](=O)[O-]. The standard InChI is InChI=1S/C12H15NO4/c1-4-9-6-12(17-5-2)11(13(15)16)7-10(9)8(3)14/h6-7H,4-5H2,1-3H3. The van der Waals surface area contributed by atoms with Crippen LogP contribution in [0.15, 0.2) is 12.1 Å². The number of nitro benzene ring substituents is 1. The lowest BCUT2D eigenvalue weighted by atomic mass is 10.0. The smallest absolute Gasteiger partial charge is 0.311 e. The second kappa shape index (κ2) is 5.43. The van der Waals surface area contributed by atoms with Gasteiger partial charge < -0.3 is 4.74 Å². The van der Waals surface area contributed by atoms with Gasteiger partial charge in [-0.1, -0.05) is 6.92 Å². The highest BCUT2D eigenvalue weighted by Gasteiger charge is 2.20. The molecule has 0 bridgehead atoms. The van der Waals surface area contributed by atoms with Crippen LogP contribution in [-0.2, 0) is 6.42 Å². The van der Waals surface area contributed by atoms with Crippen LogP contribution in [0.5, 0.6) is 5.75 Å². The van der Waals surface area contributed by atoms with Crippen LogP contribution in [0, 0.1) is 10.1 Å². The van der Waals surface area contributed by atoms with Gasteiger partial charge in [-0.15, -0.1) is 0 Å². The van der Waals surface area contributed by atoms with E-state index in [9.17, 15) is 14.9 Å². The van der Waals surface area contributed by atoms with Crippen LogP contribution in [0.2, 0.25) is 0 Å². The third kappa shape index (κ3) is 2.81. The second-order valence-corrected chi connectivity index (χ2v) is 3.58. The minimum absolute atomic E-state index is 0.158. The summed E-state index contributed by atoms with van der Waals surface area (Å²) in [5.74, 6) is 0.0485. The van der Waals surface area contributed by atoms with E-state index in [2.05, 4.69) is 0 Å². The highest BCUT2D eigenvalue weighted by molar-refractivity contribution is 5.96. The monoisotopic (exact) mass is 237 g/mol. The molecule has 0 aliphatic carbocycles. The predicted octanol–water partition coefficient (Wildman–Crippen LogP) is 2.76. The molecule has 5 nitrogen and oxygen atoms in total. The van der Waals surface area contributed by atoms with Gasteiger partial charge in [0.1, 0.15) is 0 Å². The summed E-state index contributed by atoms with van der Waals surface area (Å²) in [6.07, 6.45) is 0.632. The van der Waals surface area contributed by atoms with Crippen LogP contribution in [0.25, 0.3) is 0 Å². The van der Waals surface area contributed by atoms with Gasteiger partial charge in [0.2, 0.25) is 0 Å². The number of benzene rings is 1. The molecule has 0 N–H and O–H groups in total. The van der Waals surface area contributed by atoms with Crippen LogP contribution in [-0.4, -0.2) is 17.3 Å². The van der Waals surface area contributed by atoms with Gasteiger partial charge >= 0.3 is 5.69 Å². The predicted molar refractivity (Wildman–Crippen MR) is 63.6 cm³/mol. The lowest BCUT2D eigenvalue weighted by molar-refractivity contribution is -0.385. The number of Topliss-reactive ketones (excluding diaryl/α,β-unsaturated/α-hetero) is 1.